The summed E-state index contributed by atoms with van der Waals surface area (Å²) in [5, 5.41) is 11.1. The van der Waals surface area contributed by atoms with Gasteiger partial charge in [0.15, 0.2) is 0 Å². The number of amides is 1. The molecule has 1 aliphatic rings. The van der Waals surface area contributed by atoms with Crippen molar-refractivity contribution in [2.24, 2.45) is 5.92 Å². The van der Waals surface area contributed by atoms with Crippen LogP contribution in [0.4, 0.5) is 17.5 Å². The van der Waals surface area contributed by atoms with Crippen molar-refractivity contribution < 1.29 is 4.79 Å². The number of fused-ring (bicyclic) bond motifs is 1. The van der Waals surface area contributed by atoms with Crippen molar-refractivity contribution in [1.82, 2.24) is 15.3 Å². The van der Waals surface area contributed by atoms with E-state index in [9.17, 15) is 4.79 Å². The van der Waals surface area contributed by atoms with Crippen molar-refractivity contribution in [3.63, 3.8) is 0 Å². The molecule has 0 aliphatic heterocycles. The second kappa shape index (κ2) is 10.6. The summed E-state index contributed by atoms with van der Waals surface area (Å²) in [7, 11) is 4.04. The Hall–Kier alpha value is -3.19. The fourth-order valence-corrected chi connectivity index (χ4v) is 4.49. The van der Waals surface area contributed by atoms with E-state index in [-0.39, 0.29) is 5.91 Å². The van der Waals surface area contributed by atoms with Gasteiger partial charge in [0.1, 0.15) is 5.82 Å². The Labute approximate surface area is 196 Å². The molecule has 1 amide bonds. The fraction of sp³-hybridized carbons (Fsp3) is 0.423. The number of nitrogens with one attached hydrogen (secondary N) is 3. The topological polar surface area (TPSA) is 82.2 Å². The van der Waals surface area contributed by atoms with E-state index in [2.05, 4.69) is 34.1 Å². The Kier molecular flexibility index (Phi) is 7.40. The molecule has 0 saturated heterocycles. The summed E-state index contributed by atoms with van der Waals surface area (Å²) < 4.78 is 0. The number of hydrogen-bond acceptors (Lipinski definition) is 6. The number of carbonyl (C=O) groups is 1. The molecule has 33 heavy (non-hydrogen) atoms. The molecular formula is C26H34N6O. The first kappa shape index (κ1) is 23.0. The lowest BCUT2D eigenvalue weighted by molar-refractivity contribution is -0.114. The van der Waals surface area contributed by atoms with Gasteiger partial charge in [-0.15, -0.1) is 0 Å². The normalized spacial score (nSPS) is 18.2. The predicted molar refractivity (Wildman–Crippen MR) is 136 cm³/mol. The van der Waals surface area contributed by atoms with Crippen LogP contribution in [0.3, 0.4) is 0 Å². The van der Waals surface area contributed by atoms with Crippen LogP contribution < -0.4 is 20.9 Å². The molecule has 7 heteroatoms. The highest BCUT2D eigenvalue weighted by atomic mass is 16.1. The van der Waals surface area contributed by atoms with Crippen molar-refractivity contribution >= 4 is 34.3 Å². The highest BCUT2D eigenvalue weighted by Crippen LogP contribution is 2.28. The number of carbonyl (C=O) groups excluding carboxylic acids is 1. The van der Waals surface area contributed by atoms with Gasteiger partial charge in [0, 0.05) is 44.7 Å². The summed E-state index contributed by atoms with van der Waals surface area (Å²) in [6.07, 6.45) is 4.65. The number of aromatic nitrogens is 2. The van der Waals surface area contributed by atoms with Gasteiger partial charge in [-0.1, -0.05) is 24.3 Å². The van der Waals surface area contributed by atoms with Gasteiger partial charge in [-0.05, 0) is 68.0 Å². The Morgan fingerprint density at radius 2 is 1.73 bits per heavy atom. The number of benzene rings is 2. The molecule has 1 fully saturated rings. The molecule has 0 radical (unpaired) electrons. The summed E-state index contributed by atoms with van der Waals surface area (Å²) >= 11 is 0. The summed E-state index contributed by atoms with van der Waals surface area (Å²) in [6, 6.07) is 16.6. The maximum absolute atomic E-state index is 11.1. The maximum atomic E-state index is 11.1. The third-order valence-electron chi connectivity index (χ3n) is 6.22. The first-order valence-electron chi connectivity index (χ1n) is 11.8. The van der Waals surface area contributed by atoms with Crippen LogP contribution in [0.2, 0.25) is 0 Å². The zero-order valence-electron chi connectivity index (χ0n) is 19.8. The average Bonchev–Trinajstić information content (AvgIpc) is 2.80. The van der Waals surface area contributed by atoms with Crippen LogP contribution in [0.5, 0.6) is 0 Å². The van der Waals surface area contributed by atoms with E-state index < -0.39 is 0 Å². The predicted octanol–water partition coefficient (Wildman–Crippen LogP) is 4.41. The minimum atomic E-state index is -0.0451. The van der Waals surface area contributed by atoms with Crippen LogP contribution in [0.25, 0.3) is 10.9 Å². The smallest absolute Gasteiger partial charge is 0.225 e. The number of nitrogens with zero attached hydrogens (tertiary/aromatic N) is 3. The molecule has 3 N–H and O–H groups in total. The highest BCUT2D eigenvalue weighted by Gasteiger charge is 2.22. The van der Waals surface area contributed by atoms with Crippen LogP contribution in [0, 0.1) is 5.92 Å². The van der Waals surface area contributed by atoms with E-state index in [0.717, 1.165) is 54.3 Å². The molecule has 1 aromatic heterocycles. The number of hydrogen-bond donors (Lipinski definition) is 3. The van der Waals surface area contributed by atoms with E-state index in [1.54, 1.807) is 0 Å². The largest absolute Gasteiger partial charge is 0.362 e. The SMILES string of the molecule is CC(=O)Nc1ccc(CNC[C@H]2CC[C@@H](Nc3nc(N(C)C)c4ccccc4n3)CC2)cc1. The number of anilines is 3. The molecule has 174 valence electrons. The molecule has 0 atom stereocenters. The Morgan fingerprint density at radius 1 is 1.00 bits per heavy atom. The highest BCUT2D eigenvalue weighted by molar-refractivity contribution is 5.90. The Balaban J connectivity index is 1.24. The van der Waals surface area contributed by atoms with Gasteiger partial charge >= 0.3 is 0 Å². The van der Waals surface area contributed by atoms with Crippen LogP contribution >= 0.6 is 0 Å². The average molecular weight is 447 g/mol. The van der Waals surface area contributed by atoms with Gasteiger partial charge in [-0.3, -0.25) is 4.79 Å². The zero-order chi connectivity index (χ0) is 23.2. The minimum absolute atomic E-state index is 0.0451. The van der Waals surface area contributed by atoms with Gasteiger partial charge in [-0.2, -0.15) is 4.98 Å². The van der Waals surface area contributed by atoms with Crippen LogP contribution in [0.15, 0.2) is 48.5 Å². The summed E-state index contributed by atoms with van der Waals surface area (Å²) in [5.74, 6) is 2.32. The van der Waals surface area contributed by atoms with Gasteiger partial charge in [0.05, 0.1) is 5.52 Å². The third-order valence-corrected chi connectivity index (χ3v) is 6.22. The Bertz CT molecular complexity index is 1070. The van der Waals surface area contributed by atoms with Crippen LogP contribution in [-0.2, 0) is 11.3 Å². The standard InChI is InChI=1S/C26H34N6O/c1-18(33)28-21-12-8-19(9-13-21)16-27-17-20-10-14-22(15-11-20)29-26-30-24-7-5-4-6-23(24)25(31-26)32(2)3/h4-9,12-13,20,22,27H,10-11,14-17H2,1-3H3,(H,28,33)(H,29,30,31)/t20-,22+. The van der Waals surface area contributed by atoms with Crippen LogP contribution in [-0.4, -0.2) is 42.6 Å². The molecule has 1 saturated carbocycles. The molecule has 1 aliphatic carbocycles. The van der Waals surface area contributed by atoms with Gasteiger partial charge in [0.2, 0.25) is 11.9 Å². The van der Waals surface area contributed by atoms with E-state index in [1.165, 1.54) is 25.3 Å². The zero-order valence-corrected chi connectivity index (χ0v) is 19.8. The van der Waals surface area contributed by atoms with Crippen LogP contribution in [0.1, 0.15) is 38.2 Å². The van der Waals surface area contributed by atoms with Gasteiger partial charge in [0.25, 0.3) is 0 Å². The molecule has 0 unspecified atom stereocenters. The van der Waals surface area contributed by atoms with Gasteiger partial charge in [-0.25, -0.2) is 4.98 Å². The maximum Gasteiger partial charge on any atom is 0.225 e. The van der Waals surface area contributed by atoms with Crippen molar-refractivity contribution in [1.29, 1.82) is 0 Å². The second-order valence-electron chi connectivity index (χ2n) is 9.15. The lowest BCUT2D eigenvalue weighted by atomic mass is 9.86. The summed E-state index contributed by atoms with van der Waals surface area (Å²) in [6.45, 7) is 3.39. The fourth-order valence-electron chi connectivity index (χ4n) is 4.49. The minimum Gasteiger partial charge on any atom is -0.362 e. The molecule has 2 aromatic carbocycles. The van der Waals surface area contributed by atoms with Crippen molar-refractivity contribution in [3.05, 3.63) is 54.1 Å². The quantitative estimate of drug-likeness (QED) is 0.475. The molecule has 7 nitrogen and oxygen atoms in total. The molecule has 0 bridgehead atoms. The summed E-state index contributed by atoms with van der Waals surface area (Å²) in [5.41, 5.74) is 3.04. The second-order valence-corrected chi connectivity index (χ2v) is 9.15. The number of rotatable bonds is 8. The lowest BCUT2D eigenvalue weighted by Crippen LogP contribution is -2.31. The lowest BCUT2D eigenvalue weighted by Gasteiger charge is -2.29. The molecule has 4 rings (SSSR count). The molecule has 1 heterocycles. The third kappa shape index (κ3) is 6.20. The summed E-state index contributed by atoms with van der Waals surface area (Å²) in [4.78, 5) is 22.7. The molecule has 0 spiro atoms. The van der Waals surface area contributed by atoms with E-state index in [1.807, 2.05) is 49.3 Å². The van der Waals surface area contributed by atoms with Crippen molar-refractivity contribution in [3.8, 4) is 0 Å². The van der Waals surface area contributed by atoms with Gasteiger partial charge < -0.3 is 20.9 Å². The Morgan fingerprint density at radius 3 is 2.42 bits per heavy atom. The number of para-hydroxylation sites is 1. The van der Waals surface area contributed by atoms with Crippen molar-refractivity contribution in [2.75, 3.05) is 36.2 Å². The van der Waals surface area contributed by atoms with E-state index >= 15 is 0 Å². The molecule has 3 aromatic rings. The first-order chi connectivity index (χ1) is 16.0. The molecular weight excluding hydrogens is 412 g/mol. The monoisotopic (exact) mass is 446 g/mol. The van der Waals surface area contributed by atoms with Crippen molar-refractivity contribution in [2.45, 2.75) is 45.2 Å². The van der Waals surface area contributed by atoms with E-state index in [4.69, 9.17) is 9.97 Å². The van der Waals surface area contributed by atoms with E-state index in [0.29, 0.717) is 12.0 Å². The first-order valence-corrected chi connectivity index (χ1v) is 11.8.